The predicted molar refractivity (Wildman–Crippen MR) is 130 cm³/mol. The van der Waals surface area contributed by atoms with Crippen molar-refractivity contribution in [2.75, 3.05) is 12.4 Å². The number of pyridine rings is 1. The number of amides is 2. The fourth-order valence-electron chi connectivity index (χ4n) is 4.96. The van der Waals surface area contributed by atoms with Gasteiger partial charge in [-0.25, -0.2) is 14.5 Å². The van der Waals surface area contributed by atoms with E-state index in [1.165, 1.54) is 13.2 Å². The molecule has 0 radical (unpaired) electrons. The molecule has 1 aromatic carbocycles. The summed E-state index contributed by atoms with van der Waals surface area (Å²) >= 11 is 0. The van der Waals surface area contributed by atoms with Gasteiger partial charge in [-0.05, 0) is 61.8 Å². The van der Waals surface area contributed by atoms with Crippen LogP contribution in [0.1, 0.15) is 50.1 Å². The minimum Gasteiger partial charge on any atom is -1.00 e. The first-order valence-electron chi connectivity index (χ1n) is 11.5. The molecule has 11 heteroatoms. The average molecular weight is 522 g/mol. The summed E-state index contributed by atoms with van der Waals surface area (Å²) in [4.78, 5) is 17.1. The smallest absolute Gasteiger partial charge is 1.00 e. The molecule has 2 aliphatic rings. The van der Waals surface area contributed by atoms with E-state index in [0.717, 1.165) is 41.5 Å². The Balaban J connectivity index is 0.00000190. The molecule has 5 rings (SSSR count). The standard InChI is InChI=1S/C25H27N3O6S.Na.H/c1-25(30)11-4-7-20-19(25)14-22(34-20)35(31,32)28-24(29)27-23-17-6-3-5-15(17)8-9-18(23)16-10-12-26-21(13-16)33-2;;/h8-10,12-14,30H,3-7,11H2,1-2H3,(H2,27,28,29);;/q;+1;-1. The van der Waals surface area contributed by atoms with Gasteiger partial charge >= 0.3 is 35.6 Å². The number of furan rings is 1. The molecule has 1 atom stereocenters. The Bertz CT molecular complexity index is 1420. The molecule has 0 saturated heterocycles. The molecule has 3 N–H and O–H groups in total. The van der Waals surface area contributed by atoms with Gasteiger partial charge in [-0.2, -0.15) is 8.42 Å². The summed E-state index contributed by atoms with van der Waals surface area (Å²) in [5.74, 6) is 0.857. The van der Waals surface area contributed by atoms with Crippen molar-refractivity contribution in [2.24, 2.45) is 0 Å². The first-order chi connectivity index (χ1) is 16.7. The van der Waals surface area contributed by atoms with Gasteiger partial charge in [0, 0.05) is 35.9 Å². The van der Waals surface area contributed by atoms with Gasteiger partial charge < -0.3 is 21.0 Å². The zero-order chi connectivity index (χ0) is 24.8. The molecular formula is C25H28N3NaO6S. The van der Waals surface area contributed by atoms with Crippen molar-refractivity contribution in [3.05, 3.63) is 59.0 Å². The third-order valence-electron chi connectivity index (χ3n) is 6.70. The molecule has 2 amide bonds. The second-order valence-corrected chi connectivity index (χ2v) is 10.8. The van der Waals surface area contributed by atoms with Crippen LogP contribution in [-0.2, 0) is 34.9 Å². The van der Waals surface area contributed by atoms with Crippen LogP contribution in [0.25, 0.3) is 11.1 Å². The number of fused-ring (bicyclic) bond motifs is 2. The molecule has 2 aliphatic carbocycles. The van der Waals surface area contributed by atoms with Crippen LogP contribution >= 0.6 is 0 Å². The van der Waals surface area contributed by atoms with Gasteiger partial charge in [0.25, 0.3) is 10.0 Å². The molecule has 9 nitrogen and oxygen atoms in total. The average Bonchev–Trinajstić information content (AvgIpc) is 3.47. The van der Waals surface area contributed by atoms with Crippen molar-refractivity contribution in [1.29, 1.82) is 0 Å². The van der Waals surface area contributed by atoms with Crippen molar-refractivity contribution in [3.8, 4) is 17.0 Å². The largest absolute Gasteiger partial charge is 1.00 e. The fourth-order valence-corrected chi connectivity index (χ4v) is 5.83. The molecule has 0 bridgehead atoms. The normalized spacial score (nSPS) is 18.5. The van der Waals surface area contributed by atoms with Crippen LogP contribution in [0, 0.1) is 0 Å². The topological polar surface area (TPSA) is 131 Å². The van der Waals surface area contributed by atoms with Gasteiger partial charge in [-0.3, -0.25) is 0 Å². The van der Waals surface area contributed by atoms with Crippen LogP contribution in [0.5, 0.6) is 5.88 Å². The number of aromatic nitrogens is 1. The molecule has 186 valence electrons. The van der Waals surface area contributed by atoms with Crippen molar-refractivity contribution < 1.29 is 58.5 Å². The molecule has 0 aliphatic heterocycles. The zero-order valence-corrected chi connectivity index (χ0v) is 23.4. The van der Waals surface area contributed by atoms with Crippen LogP contribution in [-0.4, -0.2) is 31.6 Å². The first kappa shape index (κ1) is 26.7. The monoisotopic (exact) mass is 521 g/mol. The number of rotatable bonds is 5. The van der Waals surface area contributed by atoms with Crippen LogP contribution in [0.4, 0.5) is 10.5 Å². The fraction of sp³-hybridized carbons (Fsp3) is 0.360. The van der Waals surface area contributed by atoms with E-state index < -0.39 is 26.7 Å². The van der Waals surface area contributed by atoms with Crippen molar-refractivity contribution in [3.63, 3.8) is 0 Å². The molecular weight excluding hydrogens is 493 g/mol. The number of methoxy groups -OCH3 is 1. The first-order valence-corrected chi connectivity index (χ1v) is 13.0. The SMILES string of the molecule is COc1cc(-c2ccc3c(c2NC(=O)NS(=O)(=O)c2cc4c(o2)CCCC4(C)O)CCC3)ccn1.[H-].[Na+]. The zero-order valence-electron chi connectivity index (χ0n) is 21.6. The summed E-state index contributed by atoms with van der Waals surface area (Å²) in [5.41, 5.74) is 3.46. The van der Waals surface area contributed by atoms with E-state index in [2.05, 4.69) is 15.0 Å². The summed E-state index contributed by atoms with van der Waals surface area (Å²) in [5, 5.41) is 13.0. The third-order valence-corrected chi connectivity index (χ3v) is 7.89. The van der Waals surface area contributed by atoms with E-state index >= 15 is 0 Å². The molecule has 36 heavy (non-hydrogen) atoms. The maximum absolute atomic E-state index is 13.0. The van der Waals surface area contributed by atoms with E-state index in [1.807, 2.05) is 12.1 Å². The number of sulfonamides is 1. The van der Waals surface area contributed by atoms with Gasteiger partial charge in [0.1, 0.15) is 5.76 Å². The van der Waals surface area contributed by atoms with Crippen LogP contribution in [0.3, 0.4) is 0 Å². The van der Waals surface area contributed by atoms with E-state index in [4.69, 9.17) is 9.15 Å². The summed E-state index contributed by atoms with van der Waals surface area (Å²) < 4.78 is 38.8. The van der Waals surface area contributed by atoms with Crippen molar-refractivity contribution in [2.45, 2.75) is 56.1 Å². The number of aliphatic hydroxyl groups is 1. The number of nitrogens with one attached hydrogen (secondary N) is 2. The van der Waals surface area contributed by atoms with E-state index in [0.29, 0.717) is 42.2 Å². The van der Waals surface area contributed by atoms with Crippen LogP contribution in [0.15, 0.2) is 46.0 Å². The number of anilines is 1. The maximum Gasteiger partial charge on any atom is 1.00 e. The summed E-state index contributed by atoms with van der Waals surface area (Å²) in [6.45, 7) is 1.63. The Morgan fingerprint density at radius 3 is 2.75 bits per heavy atom. The number of carbonyl (C=O) groups is 1. The quantitative estimate of drug-likeness (QED) is 0.427. The number of nitrogens with zero attached hydrogens (tertiary/aromatic N) is 1. The number of benzene rings is 1. The Morgan fingerprint density at radius 1 is 1.19 bits per heavy atom. The molecule has 0 fully saturated rings. The molecule has 2 aromatic heterocycles. The second kappa shape index (κ2) is 10.2. The summed E-state index contributed by atoms with van der Waals surface area (Å²) in [6, 6.07) is 7.91. The van der Waals surface area contributed by atoms with Gasteiger partial charge in [0.05, 0.1) is 18.4 Å². The minimum absolute atomic E-state index is 0. The number of ether oxygens (including phenoxy) is 1. The Labute approximate surface area is 233 Å². The van der Waals surface area contributed by atoms with Gasteiger partial charge in [-0.15, -0.1) is 0 Å². The predicted octanol–water partition coefficient (Wildman–Crippen LogP) is 1.01. The number of aryl methyl sites for hydroxylation is 2. The maximum atomic E-state index is 13.0. The number of hydrogen-bond acceptors (Lipinski definition) is 7. The Morgan fingerprint density at radius 2 is 2.00 bits per heavy atom. The van der Waals surface area contributed by atoms with Crippen LogP contribution in [0.2, 0.25) is 0 Å². The minimum atomic E-state index is -4.30. The molecule has 0 spiro atoms. The van der Waals surface area contributed by atoms with Gasteiger partial charge in [0.2, 0.25) is 11.0 Å². The van der Waals surface area contributed by atoms with Gasteiger partial charge in [-0.1, -0.05) is 12.1 Å². The van der Waals surface area contributed by atoms with E-state index in [-0.39, 0.29) is 31.0 Å². The third kappa shape index (κ3) is 5.05. The van der Waals surface area contributed by atoms with Crippen LogP contribution < -0.4 is 44.3 Å². The van der Waals surface area contributed by atoms with Crippen molar-refractivity contribution in [1.82, 2.24) is 9.71 Å². The summed E-state index contributed by atoms with van der Waals surface area (Å²) in [7, 11) is -2.77. The van der Waals surface area contributed by atoms with E-state index in [9.17, 15) is 18.3 Å². The molecule has 3 aromatic rings. The number of hydrogen-bond donors (Lipinski definition) is 3. The van der Waals surface area contributed by atoms with Gasteiger partial charge in [0.15, 0.2) is 0 Å². The van der Waals surface area contributed by atoms with Crippen molar-refractivity contribution >= 4 is 21.7 Å². The summed E-state index contributed by atoms with van der Waals surface area (Å²) in [6.07, 6.45) is 5.95. The Hall–Kier alpha value is -2.37. The van der Waals surface area contributed by atoms with E-state index in [1.54, 1.807) is 25.3 Å². The number of carbonyl (C=O) groups excluding carboxylic acids is 1. The molecule has 2 heterocycles. The number of urea groups is 1. The Kier molecular flexibility index (Phi) is 7.55. The second-order valence-electron chi connectivity index (χ2n) is 9.16. The molecule has 0 saturated carbocycles. The molecule has 1 unspecified atom stereocenters.